The molecule has 0 amide bonds. The Kier molecular flexibility index (Phi) is 52.1. The van der Waals surface area contributed by atoms with Gasteiger partial charge in [0.25, 0.3) is 0 Å². The molecule has 0 saturated carbocycles. The Morgan fingerprint density at radius 3 is 1.17 bits per heavy atom. The van der Waals surface area contributed by atoms with Crippen LogP contribution in [-0.4, -0.2) is 91.1 Å². The van der Waals surface area contributed by atoms with Gasteiger partial charge in [0.2, 0.25) is 0 Å². The lowest BCUT2D eigenvalue weighted by molar-refractivity contribution is -0.143. The summed E-state index contributed by atoms with van der Waals surface area (Å²) in [6.45, 7) is 10.7. The molecule has 418 valence electrons. The zero-order chi connectivity index (χ0) is 52.1. The van der Waals surface area contributed by atoms with Gasteiger partial charge in [0.15, 0.2) is 0 Å². The van der Waals surface area contributed by atoms with E-state index >= 15 is 0 Å². The normalized spacial score (nSPS) is 13.2. The molecule has 0 bridgehead atoms. The lowest BCUT2D eigenvalue weighted by Gasteiger charge is -2.24. The van der Waals surface area contributed by atoms with E-state index in [4.69, 9.17) is 9.47 Å². The van der Waals surface area contributed by atoms with Gasteiger partial charge < -0.3 is 24.6 Å². The molecule has 0 heterocycles. The number of likely N-dealkylation sites (N-methyl/N-ethyl adjacent to an activating group) is 1. The number of nitrogens with zero attached hydrogens (tertiary/aromatic N) is 2. The number of allylic oxidation sites excluding steroid dienone is 3. The fourth-order valence-corrected chi connectivity index (χ4v) is 9.70. The van der Waals surface area contributed by atoms with Crippen molar-refractivity contribution in [1.82, 2.24) is 9.80 Å². The number of aliphatic carboxylic acids is 2. The Bertz CT molecular complexity index is 1220. The first-order chi connectivity index (χ1) is 34.6. The van der Waals surface area contributed by atoms with Gasteiger partial charge in [-0.1, -0.05) is 225 Å². The van der Waals surface area contributed by atoms with E-state index in [1.807, 2.05) is 0 Å². The maximum absolute atomic E-state index is 12.9. The summed E-state index contributed by atoms with van der Waals surface area (Å²) in [5.41, 5.74) is 0. The van der Waals surface area contributed by atoms with Crippen molar-refractivity contribution in [2.75, 3.05) is 46.9 Å². The fourth-order valence-electron chi connectivity index (χ4n) is 9.70. The second-order valence-electron chi connectivity index (χ2n) is 21.6. The molecule has 0 aliphatic heterocycles. The zero-order valence-corrected chi connectivity index (χ0v) is 47.6. The van der Waals surface area contributed by atoms with Gasteiger partial charge >= 0.3 is 18.1 Å². The Labute approximate surface area is 439 Å². The fraction of sp³-hybridized carbons (Fsp3) is 0.887. The molecule has 0 radical (unpaired) electrons. The summed E-state index contributed by atoms with van der Waals surface area (Å²) in [6, 6.07) is 0. The molecule has 3 unspecified atom stereocenters. The van der Waals surface area contributed by atoms with Crippen LogP contribution < -0.4 is 0 Å². The van der Waals surface area contributed by atoms with Crippen molar-refractivity contribution < 1.29 is 34.1 Å². The van der Waals surface area contributed by atoms with E-state index < -0.39 is 18.1 Å². The van der Waals surface area contributed by atoms with E-state index in [1.54, 1.807) is 0 Å². The van der Waals surface area contributed by atoms with Crippen molar-refractivity contribution in [3.05, 3.63) is 24.3 Å². The van der Waals surface area contributed by atoms with Crippen molar-refractivity contribution >= 4 is 18.1 Å². The van der Waals surface area contributed by atoms with Gasteiger partial charge in [0, 0.05) is 26.1 Å². The number of ether oxygens (including phenoxy) is 2. The number of carboxylic acid groups (broad SMARTS) is 2. The van der Waals surface area contributed by atoms with Gasteiger partial charge in [0.05, 0.1) is 11.8 Å². The third kappa shape index (κ3) is 49.6. The lowest BCUT2D eigenvalue weighted by Crippen LogP contribution is -2.35. The van der Waals surface area contributed by atoms with Crippen LogP contribution in [-0.2, 0) is 19.1 Å². The van der Waals surface area contributed by atoms with Crippen molar-refractivity contribution in [2.45, 2.75) is 297 Å². The molecule has 9 heteroatoms. The van der Waals surface area contributed by atoms with E-state index in [2.05, 4.69) is 69.0 Å². The van der Waals surface area contributed by atoms with Gasteiger partial charge in [-0.2, -0.15) is 0 Å². The average molecular weight is 1000 g/mol. The van der Waals surface area contributed by atoms with Crippen LogP contribution in [0.1, 0.15) is 290 Å². The number of rotatable bonds is 56. The number of unbranched alkanes of at least 4 members (excludes halogenated alkanes) is 30. The van der Waals surface area contributed by atoms with Gasteiger partial charge in [-0.3, -0.25) is 14.5 Å². The molecule has 3 atom stereocenters. The summed E-state index contributed by atoms with van der Waals surface area (Å²) in [7, 11) is 4.17. The van der Waals surface area contributed by atoms with Crippen molar-refractivity contribution in [3.63, 3.8) is 0 Å². The van der Waals surface area contributed by atoms with Crippen molar-refractivity contribution in [3.8, 4) is 0 Å². The molecule has 0 aromatic heterocycles. The number of hydrogen-bond donors (Lipinski definition) is 2. The highest BCUT2D eigenvalue weighted by atomic mass is 16.7. The molecule has 9 nitrogen and oxygen atoms in total. The first-order valence-corrected chi connectivity index (χ1v) is 30.6. The average Bonchev–Trinajstić information content (AvgIpc) is 3.34. The van der Waals surface area contributed by atoms with E-state index in [0.717, 1.165) is 116 Å². The van der Waals surface area contributed by atoms with E-state index in [0.29, 0.717) is 32.4 Å². The minimum Gasteiger partial charge on any atom is -0.481 e. The summed E-state index contributed by atoms with van der Waals surface area (Å²) < 4.78 is 11.5. The lowest BCUT2D eigenvalue weighted by atomic mass is 9.94. The summed E-state index contributed by atoms with van der Waals surface area (Å²) in [6.07, 6.45) is 55.6. The first kappa shape index (κ1) is 68.6. The standard InChI is InChI=1S/C62H118N2O7/c1-6-9-12-15-17-19-20-21-22-24-28-31-35-39-46-57(60(65)66)47-40-36-32-29-25-23-26-30-33-37-41-48-58(61(67)68)49-43-44-51-59(50-42-38-34-27-18-16-13-10-7-2)71-62(69)70-56-55-64(54-53-63(4)5)52-45-14-11-8-3/h21-22,38,42,57-59H,6-20,23-37,39-41,43-56H2,1-5H3,(H,65,66)(H,67,68)/b22-21-,42-38-. The predicted octanol–water partition coefficient (Wildman–Crippen LogP) is 18.3. The maximum atomic E-state index is 12.9. The van der Waals surface area contributed by atoms with Crippen LogP contribution in [0.2, 0.25) is 0 Å². The van der Waals surface area contributed by atoms with Gasteiger partial charge in [-0.05, 0) is 104 Å². The number of hydrogen-bond acceptors (Lipinski definition) is 7. The van der Waals surface area contributed by atoms with E-state index in [-0.39, 0.29) is 17.9 Å². The zero-order valence-electron chi connectivity index (χ0n) is 47.6. The Balaban J connectivity index is 4.37. The molecule has 0 saturated heterocycles. The van der Waals surface area contributed by atoms with Crippen LogP contribution in [0.3, 0.4) is 0 Å². The third-order valence-corrected chi connectivity index (χ3v) is 14.6. The minimum atomic E-state index is -0.689. The molecule has 0 aliphatic rings. The van der Waals surface area contributed by atoms with Gasteiger partial charge in [-0.15, -0.1) is 0 Å². The molecule has 0 rings (SSSR count). The second kappa shape index (κ2) is 53.9. The Morgan fingerprint density at radius 1 is 0.408 bits per heavy atom. The highest BCUT2D eigenvalue weighted by molar-refractivity contribution is 5.70. The second-order valence-corrected chi connectivity index (χ2v) is 21.6. The highest BCUT2D eigenvalue weighted by Crippen LogP contribution is 2.23. The topological polar surface area (TPSA) is 117 Å². The molecule has 0 spiro atoms. The molecule has 0 aliphatic carbocycles. The molecular weight excluding hydrogens is 885 g/mol. The van der Waals surface area contributed by atoms with Gasteiger partial charge in [-0.25, -0.2) is 4.79 Å². The smallest absolute Gasteiger partial charge is 0.481 e. The molecule has 0 aromatic rings. The van der Waals surface area contributed by atoms with Crippen LogP contribution in [0.4, 0.5) is 4.79 Å². The van der Waals surface area contributed by atoms with Crippen molar-refractivity contribution in [1.29, 1.82) is 0 Å². The molecule has 0 fully saturated rings. The number of carbonyl (C=O) groups is 3. The SMILES string of the molecule is CCCCCCCC/C=C\CCCCCCC(CCCCCCCCCCCCCC(CCCCC(C/C=C\CCCCCCCC)OC(=O)OCCN(CCCCCC)CCN(C)C)C(=O)O)C(=O)O. The predicted molar refractivity (Wildman–Crippen MR) is 303 cm³/mol. The van der Waals surface area contributed by atoms with Gasteiger partial charge in [0.1, 0.15) is 12.7 Å². The van der Waals surface area contributed by atoms with Crippen molar-refractivity contribution in [2.24, 2.45) is 11.8 Å². The summed E-state index contributed by atoms with van der Waals surface area (Å²) in [5.74, 6) is -1.80. The highest BCUT2D eigenvalue weighted by Gasteiger charge is 2.20. The summed E-state index contributed by atoms with van der Waals surface area (Å²) >= 11 is 0. The molecule has 71 heavy (non-hydrogen) atoms. The largest absolute Gasteiger partial charge is 0.508 e. The maximum Gasteiger partial charge on any atom is 0.508 e. The third-order valence-electron chi connectivity index (χ3n) is 14.6. The summed E-state index contributed by atoms with van der Waals surface area (Å²) in [4.78, 5) is 41.5. The molecular formula is C62H118N2O7. The number of carboxylic acids is 2. The van der Waals surface area contributed by atoms with Crippen LogP contribution in [0.15, 0.2) is 24.3 Å². The Morgan fingerprint density at radius 2 is 0.761 bits per heavy atom. The monoisotopic (exact) mass is 1000 g/mol. The Hall–Kier alpha value is -2.39. The first-order valence-electron chi connectivity index (χ1n) is 30.6. The summed E-state index contributed by atoms with van der Waals surface area (Å²) in [5, 5.41) is 19.8. The molecule has 2 N–H and O–H groups in total. The van der Waals surface area contributed by atoms with Crippen LogP contribution in [0, 0.1) is 11.8 Å². The quantitative estimate of drug-likeness (QED) is 0.0349. The van der Waals surface area contributed by atoms with E-state index in [9.17, 15) is 24.6 Å². The van der Waals surface area contributed by atoms with Crippen LogP contribution >= 0.6 is 0 Å². The van der Waals surface area contributed by atoms with E-state index in [1.165, 1.54) is 154 Å². The van der Waals surface area contributed by atoms with Crippen LogP contribution in [0.25, 0.3) is 0 Å². The number of carbonyl (C=O) groups excluding carboxylic acids is 1. The molecule has 0 aromatic carbocycles. The van der Waals surface area contributed by atoms with Crippen LogP contribution in [0.5, 0.6) is 0 Å². The minimum absolute atomic E-state index is 0.179.